The number of rotatable bonds is 2. The number of carbonyl (C=O) groups excluding carboxylic acids is 1. The van der Waals surface area contributed by atoms with Gasteiger partial charge in [0.1, 0.15) is 6.10 Å². The number of ketones is 1. The highest BCUT2D eigenvalue weighted by atomic mass is 127. The molecule has 3 heteroatoms. The maximum absolute atomic E-state index is 11.8. The van der Waals surface area contributed by atoms with Gasteiger partial charge < -0.3 is 4.74 Å². The molecular formula is C11H11IO2. The van der Waals surface area contributed by atoms with E-state index < -0.39 is 0 Å². The first kappa shape index (κ1) is 10.1. The van der Waals surface area contributed by atoms with Gasteiger partial charge in [-0.15, -0.1) is 0 Å². The van der Waals surface area contributed by atoms with Crippen molar-refractivity contribution in [2.75, 3.05) is 6.61 Å². The summed E-state index contributed by atoms with van der Waals surface area (Å²) in [7, 11) is 0. The van der Waals surface area contributed by atoms with Gasteiger partial charge in [-0.2, -0.15) is 0 Å². The first-order valence-corrected chi connectivity index (χ1v) is 5.76. The Morgan fingerprint density at radius 2 is 2.07 bits per heavy atom. The van der Waals surface area contributed by atoms with Crippen molar-refractivity contribution in [3.8, 4) is 0 Å². The minimum atomic E-state index is -0.199. The molecule has 0 amide bonds. The van der Waals surface area contributed by atoms with Crippen molar-refractivity contribution in [2.24, 2.45) is 0 Å². The van der Waals surface area contributed by atoms with Gasteiger partial charge in [-0.3, -0.25) is 4.79 Å². The summed E-state index contributed by atoms with van der Waals surface area (Å²) in [4.78, 5) is 11.8. The average molecular weight is 302 g/mol. The fourth-order valence-electron chi connectivity index (χ4n) is 1.58. The molecule has 14 heavy (non-hydrogen) atoms. The van der Waals surface area contributed by atoms with E-state index in [0.717, 1.165) is 28.6 Å². The monoisotopic (exact) mass is 302 g/mol. The van der Waals surface area contributed by atoms with E-state index in [1.807, 2.05) is 24.3 Å². The van der Waals surface area contributed by atoms with Gasteiger partial charge in [-0.05, 0) is 47.6 Å². The van der Waals surface area contributed by atoms with Crippen molar-refractivity contribution in [3.05, 3.63) is 33.4 Å². The molecule has 0 unspecified atom stereocenters. The maximum atomic E-state index is 11.8. The first-order valence-electron chi connectivity index (χ1n) is 4.69. The standard InChI is InChI=1S/C11H11IO2/c12-9-5-3-8(4-6-9)11(13)10-2-1-7-14-10/h3-6,10H,1-2,7H2/t10-/m1/s1. The second kappa shape index (κ2) is 4.40. The van der Waals surface area contributed by atoms with Gasteiger partial charge in [0.25, 0.3) is 0 Å². The minimum absolute atomic E-state index is 0.124. The number of carbonyl (C=O) groups is 1. The predicted octanol–water partition coefficient (Wildman–Crippen LogP) is 2.65. The van der Waals surface area contributed by atoms with E-state index in [1.54, 1.807) is 0 Å². The lowest BCUT2D eigenvalue weighted by atomic mass is 10.0. The highest BCUT2D eigenvalue weighted by Gasteiger charge is 2.24. The second-order valence-electron chi connectivity index (χ2n) is 3.37. The lowest BCUT2D eigenvalue weighted by molar-refractivity contribution is 0.0643. The Balaban J connectivity index is 2.14. The van der Waals surface area contributed by atoms with Gasteiger partial charge in [0.2, 0.25) is 0 Å². The maximum Gasteiger partial charge on any atom is 0.191 e. The van der Waals surface area contributed by atoms with Crippen molar-refractivity contribution < 1.29 is 9.53 Å². The van der Waals surface area contributed by atoms with Crippen molar-refractivity contribution in [1.82, 2.24) is 0 Å². The summed E-state index contributed by atoms with van der Waals surface area (Å²) < 4.78 is 6.49. The molecule has 1 atom stereocenters. The third-order valence-corrected chi connectivity index (χ3v) is 3.07. The van der Waals surface area contributed by atoms with E-state index in [2.05, 4.69) is 22.6 Å². The molecular weight excluding hydrogens is 291 g/mol. The summed E-state index contributed by atoms with van der Waals surface area (Å²) in [5.41, 5.74) is 0.761. The molecule has 2 rings (SSSR count). The molecule has 1 aromatic carbocycles. The summed E-state index contributed by atoms with van der Waals surface area (Å²) in [5, 5.41) is 0. The molecule has 1 aliphatic heterocycles. The topological polar surface area (TPSA) is 26.3 Å². The number of benzene rings is 1. The van der Waals surface area contributed by atoms with Crippen molar-refractivity contribution >= 4 is 28.4 Å². The summed E-state index contributed by atoms with van der Waals surface area (Å²) in [6.07, 6.45) is 1.67. The summed E-state index contributed by atoms with van der Waals surface area (Å²) in [5.74, 6) is 0.124. The lowest BCUT2D eigenvalue weighted by Crippen LogP contribution is -2.19. The number of hydrogen-bond acceptors (Lipinski definition) is 2. The molecule has 0 aliphatic carbocycles. The van der Waals surface area contributed by atoms with Crippen LogP contribution in [0.25, 0.3) is 0 Å². The molecule has 0 radical (unpaired) electrons. The molecule has 0 aromatic heterocycles. The third-order valence-electron chi connectivity index (χ3n) is 2.35. The van der Waals surface area contributed by atoms with Crippen LogP contribution in [-0.4, -0.2) is 18.5 Å². The second-order valence-corrected chi connectivity index (χ2v) is 4.62. The Morgan fingerprint density at radius 1 is 1.36 bits per heavy atom. The Hall–Kier alpha value is -0.420. The van der Waals surface area contributed by atoms with Crippen LogP contribution in [0.4, 0.5) is 0 Å². The minimum Gasteiger partial charge on any atom is -0.370 e. The zero-order valence-electron chi connectivity index (χ0n) is 7.70. The lowest BCUT2D eigenvalue weighted by Gasteiger charge is -2.07. The average Bonchev–Trinajstić information content (AvgIpc) is 2.71. The van der Waals surface area contributed by atoms with Crippen molar-refractivity contribution in [1.29, 1.82) is 0 Å². The van der Waals surface area contributed by atoms with Crippen LogP contribution in [0.3, 0.4) is 0 Å². The third kappa shape index (κ3) is 2.15. The SMILES string of the molecule is O=C(c1ccc(I)cc1)[C@H]1CCCO1. The fourth-order valence-corrected chi connectivity index (χ4v) is 1.94. The Labute approximate surface area is 96.8 Å². The zero-order chi connectivity index (χ0) is 9.97. The van der Waals surface area contributed by atoms with E-state index in [1.165, 1.54) is 0 Å². The van der Waals surface area contributed by atoms with E-state index in [0.29, 0.717) is 0 Å². The van der Waals surface area contributed by atoms with Crippen LogP contribution < -0.4 is 0 Å². The molecule has 0 saturated carbocycles. The molecule has 1 heterocycles. The molecule has 0 N–H and O–H groups in total. The van der Waals surface area contributed by atoms with Gasteiger partial charge in [-0.1, -0.05) is 12.1 Å². The van der Waals surface area contributed by atoms with Crippen LogP contribution in [0.5, 0.6) is 0 Å². The van der Waals surface area contributed by atoms with E-state index in [-0.39, 0.29) is 11.9 Å². The quantitative estimate of drug-likeness (QED) is 0.620. The number of halogens is 1. The van der Waals surface area contributed by atoms with E-state index >= 15 is 0 Å². The van der Waals surface area contributed by atoms with Crippen molar-refractivity contribution in [2.45, 2.75) is 18.9 Å². The highest BCUT2D eigenvalue weighted by molar-refractivity contribution is 14.1. The Morgan fingerprint density at radius 3 is 2.64 bits per heavy atom. The molecule has 0 bridgehead atoms. The smallest absolute Gasteiger partial charge is 0.191 e. The zero-order valence-corrected chi connectivity index (χ0v) is 9.86. The van der Waals surface area contributed by atoms with Gasteiger partial charge in [0, 0.05) is 15.7 Å². The summed E-state index contributed by atoms with van der Waals surface area (Å²) in [6.45, 7) is 0.723. The Bertz CT molecular complexity index is 326. The van der Waals surface area contributed by atoms with Crippen LogP contribution in [0.15, 0.2) is 24.3 Å². The molecule has 0 spiro atoms. The van der Waals surface area contributed by atoms with Crippen LogP contribution in [0.1, 0.15) is 23.2 Å². The fraction of sp³-hybridized carbons (Fsp3) is 0.364. The molecule has 74 valence electrons. The highest BCUT2D eigenvalue weighted by Crippen LogP contribution is 2.17. The number of ether oxygens (including phenoxy) is 1. The van der Waals surface area contributed by atoms with Crippen LogP contribution in [0.2, 0.25) is 0 Å². The predicted molar refractivity (Wildman–Crippen MR) is 62.5 cm³/mol. The Kier molecular flexibility index (Phi) is 3.18. The molecule has 1 aliphatic rings. The van der Waals surface area contributed by atoms with Gasteiger partial charge in [-0.25, -0.2) is 0 Å². The van der Waals surface area contributed by atoms with Gasteiger partial charge in [0.15, 0.2) is 5.78 Å². The first-order chi connectivity index (χ1) is 6.77. The molecule has 1 fully saturated rings. The van der Waals surface area contributed by atoms with Crippen molar-refractivity contribution in [3.63, 3.8) is 0 Å². The van der Waals surface area contributed by atoms with Crippen LogP contribution >= 0.6 is 22.6 Å². The number of Topliss-reactive ketones (excluding diaryl/α,β-unsaturated/α-hetero) is 1. The summed E-state index contributed by atoms with van der Waals surface area (Å²) in [6, 6.07) is 7.63. The van der Waals surface area contributed by atoms with E-state index in [4.69, 9.17) is 4.74 Å². The van der Waals surface area contributed by atoms with Gasteiger partial charge >= 0.3 is 0 Å². The van der Waals surface area contributed by atoms with Crippen LogP contribution in [-0.2, 0) is 4.74 Å². The molecule has 2 nitrogen and oxygen atoms in total. The summed E-state index contributed by atoms with van der Waals surface area (Å²) >= 11 is 2.23. The van der Waals surface area contributed by atoms with Gasteiger partial charge in [0.05, 0.1) is 0 Å². The normalized spacial score (nSPS) is 21.1. The molecule has 1 saturated heterocycles. The number of hydrogen-bond donors (Lipinski definition) is 0. The molecule has 1 aromatic rings. The van der Waals surface area contributed by atoms with E-state index in [9.17, 15) is 4.79 Å². The largest absolute Gasteiger partial charge is 0.370 e. The van der Waals surface area contributed by atoms with Crippen LogP contribution in [0, 0.1) is 3.57 Å².